The largest absolute Gasteiger partial charge is 0.369 e. The van der Waals surface area contributed by atoms with Gasteiger partial charge in [0, 0.05) is 6.42 Å². The van der Waals surface area contributed by atoms with Gasteiger partial charge in [0.1, 0.15) is 5.41 Å². The number of likely N-dealkylation sites (tertiary alicyclic amines) is 1. The van der Waals surface area contributed by atoms with Crippen molar-refractivity contribution in [2.45, 2.75) is 57.0 Å². The van der Waals surface area contributed by atoms with Gasteiger partial charge in [-0.25, -0.2) is 0 Å². The number of carbonyl (C=O) groups excluding carboxylic acids is 1. The Labute approximate surface area is 163 Å². The van der Waals surface area contributed by atoms with E-state index in [-0.39, 0.29) is 5.91 Å². The van der Waals surface area contributed by atoms with E-state index in [0.29, 0.717) is 12.1 Å². The molecule has 3 atom stereocenters. The van der Waals surface area contributed by atoms with Gasteiger partial charge in [-0.15, -0.1) is 0 Å². The first-order valence-corrected chi connectivity index (χ1v) is 10.2. The molecular weight excluding hydrogens is 332 g/mol. The van der Waals surface area contributed by atoms with Crippen molar-refractivity contribution in [1.82, 2.24) is 0 Å². The van der Waals surface area contributed by atoms with Crippen molar-refractivity contribution in [3.05, 3.63) is 71.8 Å². The van der Waals surface area contributed by atoms with Crippen LogP contribution in [0.2, 0.25) is 0 Å². The van der Waals surface area contributed by atoms with E-state index in [1.807, 2.05) is 60.7 Å². The summed E-state index contributed by atoms with van der Waals surface area (Å²) in [6.07, 6.45) is 4.53. The van der Waals surface area contributed by atoms with Crippen molar-refractivity contribution in [2.24, 2.45) is 5.73 Å². The molecule has 0 aliphatic carbocycles. The zero-order valence-corrected chi connectivity index (χ0v) is 16.9. The van der Waals surface area contributed by atoms with Crippen molar-refractivity contribution in [3.8, 4) is 0 Å². The second-order valence-corrected chi connectivity index (χ2v) is 8.45. The molecule has 2 aromatic rings. The number of hydrogen-bond acceptors (Lipinski definition) is 1. The topological polar surface area (TPSA) is 43.1 Å². The molecule has 2 aromatic carbocycles. The molecule has 0 spiro atoms. The number of benzene rings is 2. The number of carbonyl (C=O) groups is 1. The molecule has 0 saturated carbocycles. The van der Waals surface area contributed by atoms with Crippen LogP contribution in [0, 0.1) is 0 Å². The molecular formula is C24H33N2O+. The highest BCUT2D eigenvalue weighted by Gasteiger charge is 2.45. The van der Waals surface area contributed by atoms with Crippen LogP contribution >= 0.6 is 0 Å². The van der Waals surface area contributed by atoms with E-state index in [9.17, 15) is 4.79 Å². The number of piperidine rings is 1. The Morgan fingerprint density at radius 2 is 1.41 bits per heavy atom. The highest BCUT2D eigenvalue weighted by Crippen LogP contribution is 2.38. The van der Waals surface area contributed by atoms with Crippen LogP contribution in [-0.4, -0.2) is 36.1 Å². The third kappa shape index (κ3) is 3.53. The normalized spacial score (nSPS) is 25.9. The van der Waals surface area contributed by atoms with Crippen LogP contribution in [0.4, 0.5) is 0 Å². The smallest absolute Gasteiger partial charge is 0.232 e. The first kappa shape index (κ1) is 19.6. The molecule has 1 heterocycles. The number of primary amides is 1. The molecule has 1 aliphatic rings. The second-order valence-electron chi connectivity index (χ2n) is 8.45. The minimum atomic E-state index is -0.791. The van der Waals surface area contributed by atoms with Gasteiger partial charge in [0.25, 0.3) is 0 Å². The van der Waals surface area contributed by atoms with Gasteiger partial charge in [-0.2, -0.15) is 0 Å². The van der Waals surface area contributed by atoms with Crippen LogP contribution in [-0.2, 0) is 10.2 Å². The van der Waals surface area contributed by atoms with E-state index in [0.717, 1.165) is 28.6 Å². The van der Waals surface area contributed by atoms with Crippen molar-refractivity contribution >= 4 is 5.91 Å². The minimum absolute atomic E-state index is 0.260. The van der Waals surface area contributed by atoms with Gasteiger partial charge in [0.2, 0.25) is 5.91 Å². The van der Waals surface area contributed by atoms with Crippen molar-refractivity contribution in [1.29, 1.82) is 0 Å². The van der Waals surface area contributed by atoms with E-state index < -0.39 is 5.41 Å². The first-order chi connectivity index (χ1) is 12.9. The van der Waals surface area contributed by atoms with Crippen molar-refractivity contribution in [2.75, 3.05) is 13.6 Å². The lowest BCUT2D eigenvalue weighted by molar-refractivity contribution is -0.958. The lowest BCUT2D eigenvalue weighted by Crippen LogP contribution is -2.60. The van der Waals surface area contributed by atoms with E-state index in [1.165, 1.54) is 19.3 Å². The van der Waals surface area contributed by atoms with Gasteiger partial charge < -0.3 is 10.2 Å². The number of hydrogen-bond donors (Lipinski definition) is 1. The third-order valence-electron chi connectivity index (χ3n) is 7.18. The number of nitrogens with two attached hydrogens (primary N) is 1. The molecule has 1 saturated heterocycles. The standard InChI is InChI=1S/C24H32N2O/c1-19-11-10-12-20(2)26(19,3)18-17-24(23(25)27,21-13-6-4-7-14-21)22-15-8-5-9-16-22/h4-9,13-16,19-20H,10-12,17-18H2,1-3H3,(H-,25,27)/p+1/t19-,20+,26?. The van der Waals surface area contributed by atoms with Gasteiger partial charge in [-0.3, -0.25) is 4.79 Å². The fraction of sp³-hybridized carbons (Fsp3) is 0.458. The van der Waals surface area contributed by atoms with Crippen LogP contribution in [0.25, 0.3) is 0 Å². The Morgan fingerprint density at radius 3 is 1.81 bits per heavy atom. The average Bonchev–Trinajstić information content (AvgIpc) is 2.68. The molecule has 0 bridgehead atoms. The van der Waals surface area contributed by atoms with E-state index in [4.69, 9.17) is 5.73 Å². The van der Waals surface area contributed by atoms with Crippen molar-refractivity contribution in [3.63, 3.8) is 0 Å². The molecule has 2 N–H and O–H groups in total. The molecule has 27 heavy (non-hydrogen) atoms. The Hall–Kier alpha value is -2.13. The average molecular weight is 366 g/mol. The summed E-state index contributed by atoms with van der Waals surface area (Å²) in [6, 6.07) is 21.3. The maximum absolute atomic E-state index is 13.0. The van der Waals surface area contributed by atoms with Gasteiger partial charge >= 0.3 is 0 Å². The van der Waals surface area contributed by atoms with E-state index in [1.54, 1.807) is 0 Å². The van der Waals surface area contributed by atoms with Crippen molar-refractivity contribution < 1.29 is 9.28 Å². The van der Waals surface area contributed by atoms with Crippen LogP contribution in [0.5, 0.6) is 0 Å². The van der Waals surface area contributed by atoms with Gasteiger partial charge in [-0.05, 0) is 44.2 Å². The summed E-state index contributed by atoms with van der Waals surface area (Å²) in [4.78, 5) is 13.0. The second kappa shape index (κ2) is 7.85. The number of rotatable bonds is 6. The number of nitrogens with zero attached hydrogens (tertiary/aromatic N) is 1. The molecule has 1 aliphatic heterocycles. The van der Waals surface area contributed by atoms with Gasteiger partial charge in [0.15, 0.2) is 0 Å². The summed E-state index contributed by atoms with van der Waals surface area (Å²) in [5, 5.41) is 0. The summed E-state index contributed by atoms with van der Waals surface area (Å²) in [7, 11) is 2.36. The fourth-order valence-corrected chi connectivity index (χ4v) is 4.89. The quantitative estimate of drug-likeness (QED) is 0.764. The predicted octanol–water partition coefficient (Wildman–Crippen LogP) is 4.26. The molecule has 144 valence electrons. The van der Waals surface area contributed by atoms with Crippen LogP contribution in [0.15, 0.2) is 60.7 Å². The molecule has 1 unspecified atom stereocenters. The zero-order chi connectivity index (χ0) is 19.5. The third-order valence-corrected chi connectivity index (χ3v) is 7.18. The Morgan fingerprint density at radius 1 is 0.963 bits per heavy atom. The van der Waals surface area contributed by atoms with Gasteiger partial charge in [-0.1, -0.05) is 60.7 Å². The lowest BCUT2D eigenvalue weighted by Gasteiger charge is -2.49. The Balaban J connectivity index is 2.04. The monoisotopic (exact) mass is 365 g/mol. The van der Waals surface area contributed by atoms with Gasteiger partial charge in [0.05, 0.1) is 25.7 Å². The summed E-state index contributed by atoms with van der Waals surface area (Å²) in [5.74, 6) is -0.260. The number of quaternary nitrogens is 1. The first-order valence-electron chi connectivity index (χ1n) is 10.2. The maximum atomic E-state index is 13.0. The lowest BCUT2D eigenvalue weighted by atomic mass is 9.71. The molecule has 3 nitrogen and oxygen atoms in total. The molecule has 0 radical (unpaired) electrons. The molecule has 3 rings (SSSR count). The molecule has 0 aromatic heterocycles. The zero-order valence-electron chi connectivity index (χ0n) is 16.9. The minimum Gasteiger partial charge on any atom is -0.369 e. The van der Waals surface area contributed by atoms with E-state index >= 15 is 0 Å². The summed E-state index contributed by atoms with van der Waals surface area (Å²) in [5.41, 5.74) is 7.31. The SMILES string of the molecule is C[C@@H]1CCC[C@H](C)[N+]1(C)CCC(C(N)=O)(c1ccccc1)c1ccccc1. The van der Waals surface area contributed by atoms with Crippen LogP contribution in [0.3, 0.4) is 0 Å². The summed E-state index contributed by atoms with van der Waals surface area (Å²) < 4.78 is 1.01. The highest BCUT2D eigenvalue weighted by atomic mass is 16.1. The Kier molecular flexibility index (Phi) is 5.71. The Bertz CT molecular complexity index is 707. The van der Waals surface area contributed by atoms with Crippen LogP contribution < -0.4 is 5.73 Å². The molecule has 3 heteroatoms. The molecule has 1 fully saturated rings. The summed E-state index contributed by atoms with van der Waals surface area (Å²) >= 11 is 0. The van der Waals surface area contributed by atoms with Crippen LogP contribution in [0.1, 0.15) is 50.7 Å². The maximum Gasteiger partial charge on any atom is 0.232 e. The predicted molar refractivity (Wildman–Crippen MR) is 111 cm³/mol. The fourth-order valence-electron chi connectivity index (χ4n) is 4.89. The summed E-state index contributed by atoms with van der Waals surface area (Å²) in [6.45, 7) is 5.65. The number of amides is 1. The highest BCUT2D eigenvalue weighted by molar-refractivity contribution is 5.90. The van der Waals surface area contributed by atoms with E-state index in [2.05, 4.69) is 20.9 Å². The molecule has 1 amide bonds.